The van der Waals surface area contributed by atoms with E-state index in [4.69, 9.17) is 0 Å². The minimum atomic E-state index is 1.08. The van der Waals surface area contributed by atoms with Gasteiger partial charge in [-0.05, 0) is 40.5 Å². The van der Waals surface area contributed by atoms with Gasteiger partial charge in [0, 0.05) is 4.47 Å². The smallest absolute Gasteiger partial charge is 0.0181 e. The number of fused-ring (bicyclic) bond motifs is 3. The molecule has 0 spiro atoms. The Morgan fingerprint density at radius 2 is 1.93 bits per heavy atom. The molecule has 1 aliphatic rings. The highest BCUT2D eigenvalue weighted by atomic mass is 79.9. The molecule has 0 aromatic heterocycles. The monoisotopic (exact) mass is 244 g/mol. The summed E-state index contributed by atoms with van der Waals surface area (Å²) in [5.74, 6) is 0. The molecule has 2 aromatic rings. The van der Waals surface area contributed by atoms with E-state index in [1.807, 2.05) is 0 Å². The van der Waals surface area contributed by atoms with E-state index in [1.165, 1.54) is 21.9 Å². The van der Waals surface area contributed by atoms with Gasteiger partial charge in [-0.3, -0.25) is 0 Å². The second kappa shape index (κ2) is 2.96. The minimum absolute atomic E-state index is 1.08. The first-order chi connectivity index (χ1) is 6.84. The van der Waals surface area contributed by atoms with E-state index in [1.54, 1.807) is 0 Å². The topological polar surface area (TPSA) is 0 Å². The molecular weight excluding hydrogens is 236 g/mol. The van der Waals surface area contributed by atoms with Crippen molar-refractivity contribution in [3.05, 3.63) is 52.0 Å². The summed E-state index contributed by atoms with van der Waals surface area (Å²) in [6.07, 6.45) is 5.53. The van der Waals surface area contributed by atoms with Crippen LogP contribution in [0.5, 0.6) is 0 Å². The van der Waals surface area contributed by atoms with Gasteiger partial charge in [0.25, 0.3) is 0 Å². The molecule has 0 aliphatic heterocycles. The second-order valence-electron chi connectivity index (χ2n) is 3.61. The van der Waals surface area contributed by atoms with Crippen molar-refractivity contribution in [2.75, 3.05) is 0 Å². The SMILES string of the molecule is Brc1ccc2ccc3c(c2c1)C=CC3. The average molecular weight is 245 g/mol. The molecule has 0 atom stereocenters. The van der Waals surface area contributed by atoms with E-state index < -0.39 is 0 Å². The lowest BCUT2D eigenvalue weighted by atomic mass is 10.0. The van der Waals surface area contributed by atoms with Crippen LogP contribution in [0.3, 0.4) is 0 Å². The van der Waals surface area contributed by atoms with Gasteiger partial charge in [-0.25, -0.2) is 0 Å². The molecule has 0 N–H and O–H groups in total. The van der Waals surface area contributed by atoms with Crippen LogP contribution in [0.4, 0.5) is 0 Å². The first kappa shape index (κ1) is 8.25. The zero-order valence-corrected chi connectivity index (χ0v) is 9.21. The highest BCUT2D eigenvalue weighted by Gasteiger charge is 2.08. The largest absolute Gasteiger partial charge is 0.0795 e. The Morgan fingerprint density at radius 1 is 1.07 bits per heavy atom. The number of benzene rings is 2. The van der Waals surface area contributed by atoms with E-state index >= 15 is 0 Å². The standard InChI is InChI=1S/C13H9Br/c14-11-7-6-10-5-4-9-2-1-3-12(9)13(10)8-11/h1,3-8H,2H2. The number of hydrogen-bond donors (Lipinski definition) is 0. The van der Waals surface area contributed by atoms with E-state index in [2.05, 4.69) is 58.4 Å². The van der Waals surface area contributed by atoms with Crippen LogP contribution in [0, 0.1) is 0 Å². The van der Waals surface area contributed by atoms with Crippen LogP contribution in [-0.4, -0.2) is 0 Å². The molecule has 0 nitrogen and oxygen atoms in total. The fourth-order valence-corrected chi connectivity index (χ4v) is 2.40. The maximum absolute atomic E-state index is 3.52. The van der Waals surface area contributed by atoms with Gasteiger partial charge in [-0.15, -0.1) is 0 Å². The van der Waals surface area contributed by atoms with Gasteiger partial charge in [0.05, 0.1) is 0 Å². The zero-order valence-electron chi connectivity index (χ0n) is 7.63. The third-order valence-corrected chi connectivity index (χ3v) is 3.23. The third kappa shape index (κ3) is 1.12. The average Bonchev–Trinajstić information content (AvgIpc) is 2.65. The quantitative estimate of drug-likeness (QED) is 0.653. The van der Waals surface area contributed by atoms with Crippen molar-refractivity contribution < 1.29 is 0 Å². The molecule has 2 aromatic carbocycles. The highest BCUT2D eigenvalue weighted by Crippen LogP contribution is 2.30. The van der Waals surface area contributed by atoms with Crippen LogP contribution in [0.1, 0.15) is 11.1 Å². The molecule has 0 amide bonds. The van der Waals surface area contributed by atoms with Crippen LogP contribution in [-0.2, 0) is 6.42 Å². The molecule has 1 aliphatic carbocycles. The van der Waals surface area contributed by atoms with E-state index in [0.29, 0.717) is 0 Å². The zero-order chi connectivity index (χ0) is 9.54. The van der Waals surface area contributed by atoms with Crippen molar-refractivity contribution in [2.24, 2.45) is 0 Å². The van der Waals surface area contributed by atoms with Crippen molar-refractivity contribution in [3.63, 3.8) is 0 Å². The predicted octanol–water partition coefficient (Wildman–Crippen LogP) is 4.17. The maximum atomic E-state index is 3.52. The Labute approximate surface area is 91.4 Å². The summed E-state index contributed by atoms with van der Waals surface area (Å²) < 4.78 is 1.15. The van der Waals surface area contributed by atoms with Gasteiger partial charge in [0.15, 0.2) is 0 Å². The molecule has 68 valence electrons. The van der Waals surface area contributed by atoms with Gasteiger partial charge >= 0.3 is 0 Å². The lowest BCUT2D eigenvalue weighted by molar-refractivity contribution is 1.32. The van der Waals surface area contributed by atoms with E-state index in [9.17, 15) is 0 Å². The summed E-state index contributed by atoms with van der Waals surface area (Å²) >= 11 is 3.52. The third-order valence-electron chi connectivity index (χ3n) is 2.74. The summed E-state index contributed by atoms with van der Waals surface area (Å²) in [5, 5.41) is 2.67. The molecule has 1 heteroatoms. The number of rotatable bonds is 0. The molecule has 0 saturated carbocycles. The Balaban J connectivity index is 2.46. The Hall–Kier alpha value is -1.08. The van der Waals surface area contributed by atoms with Gasteiger partial charge in [0.1, 0.15) is 0 Å². The Bertz CT molecular complexity index is 538. The Morgan fingerprint density at radius 3 is 2.86 bits per heavy atom. The van der Waals surface area contributed by atoms with E-state index in [0.717, 1.165) is 10.9 Å². The second-order valence-corrected chi connectivity index (χ2v) is 4.53. The van der Waals surface area contributed by atoms with Crippen molar-refractivity contribution in [2.45, 2.75) is 6.42 Å². The van der Waals surface area contributed by atoms with Gasteiger partial charge in [0.2, 0.25) is 0 Å². The van der Waals surface area contributed by atoms with Crippen molar-refractivity contribution in [1.82, 2.24) is 0 Å². The molecule has 0 radical (unpaired) electrons. The van der Waals surface area contributed by atoms with Crippen LogP contribution in [0.15, 0.2) is 40.9 Å². The number of halogens is 1. The maximum Gasteiger partial charge on any atom is 0.0181 e. The molecule has 0 heterocycles. The predicted molar refractivity (Wildman–Crippen MR) is 64.4 cm³/mol. The summed E-state index contributed by atoms with van der Waals surface area (Å²) in [6.45, 7) is 0. The fraction of sp³-hybridized carbons (Fsp3) is 0.0769. The highest BCUT2D eigenvalue weighted by molar-refractivity contribution is 9.10. The molecular formula is C13H9Br. The summed E-state index contributed by atoms with van der Waals surface area (Å²) in [7, 11) is 0. The van der Waals surface area contributed by atoms with Crippen LogP contribution < -0.4 is 0 Å². The molecule has 0 saturated heterocycles. The van der Waals surface area contributed by atoms with Crippen molar-refractivity contribution >= 4 is 32.8 Å². The van der Waals surface area contributed by atoms with Crippen LogP contribution >= 0.6 is 15.9 Å². The number of allylic oxidation sites excluding steroid dienone is 1. The summed E-state index contributed by atoms with van der Waals surface area (Å²) in [5.41, 5.74) is 2.83. The molecule has 3 rings (SSSR count). The Kier molecular flexibility index (Phi) is 1.74. The molecule has 0 unspecified atom stereocenters. The normalized spacial score (nSPS) is 13.5. The van der Waals surface area contributed by atoms with E-state index in [-0.39, 0.29) is 0 Å². The van der Waals surface area contributed by atoms with Crippen LogP contribution in [0.2, 0.25) is 0 Å². The molecule has 0 fully saturated rings. The van der Waals surface area contributed by atoms with Gasteiger partial charge < -0.3 is 0 Å². The number of hydrogen-bond acceptors (Lipinski definition) is 0. The van der Waals surface area contributed by atoms with Crippen molar-refractivity contribution in [1.29, 1.82) is 0 Å². The lowest BCUT2D eigenvalue weighted by Gasteiger charge is -2.04. The van der Waals surface area contributed by atoms with Gasteiger partial charge in [-0.2, -0.15) is 0 Å². The summed E-state index contributed by atoms with van der Waals surface area (Å²) in [6, 6.07) is 10.9. The van der Waals surface area contributed by atoms with Gasteiger partial charge in [-0.1, -0.05) is 46.3 Å². The molecule has 0 bridgehead atoms. The summed E-state index contributed by atoms with van der Waals surface area (Å²) in [4.78, 5) is 0. The first-order valence-corrected chi connectivity index (χ1v) is 5.51. The molecule has 14 heavy (non-hydrogen) atoms. The van der Waals surface area contributed by atoms with Crippen molar-refractivity contribution in [3.8, 4) is 0 Å². The fourth-order valence-electron chi connectivity index (χ4n) is 2.04. The lowest BCUT2D eigenvalue weighted by Crippen LogP contribution is -1.83. The first-order valence-electron chi connectivity index (χ1n) is 4.72. The van der Waals surface area contributed by atoms with Crippen LogP contribution in [0.25, 0.3) is 16.8 Å². The minimum Gasteiger partial charge on any atom is -0.0795 e.